The Hall–Kier alpha value is -0.550. The van der Waals surface area contributed by atoms with E-state index in [2.05, 4.69) is 19.9 Å². The third kappa shape index (κ3) is 2.18. The monoisotopic (exact) mass is 209 g/mol. The van der Waals surface area contributed by atoms with E-state index in [9.17, 15) is 10.4 Å². The van der Waals surface area contributed by atoms with Gasteiger partial charge in [-0.1, -0.05) is 20.8 Å². The van der Waals surface area contributed by atoms with Crippen LogP contribution in [0.1, 0.15) is 53.4 Å². The Labute approximate surface area is 93.3 Å². The molecule has 0 aromatic rings. The second-order valence-electron chi connectivity index (χ2n) is 5.68. The zero-order chi connectivity index (χ0) is 11.7. The minimum absolute atomic E-state index is 0.526. The van der Waals surface area contributed by atoms with Crippen molar-refractivity contribution in [3.8, 4) is 6.07 Å². The van der Waals surface area contributed by atoms with Crippen LogP contribution in [0.15, 0.2) is 0 Å². The highest BCUT2D eigenvalue weighted by Crippen LogP contribution is 2.47. The zero-order valence-corrected chi connectivity index (χ0v) is 10.4. The lowest BCUT2D eigenvalue weighted by Crippen LogP contribution is -2.50. The van der Waals surface area contributed by atoms with E-state index in [0.29, 0.717) is 11.8 Å². The molecule has 86 valence electrons. The largest absolute Gasteiger partial charge is 0.388 e. The fraction of sp³-hybridized carbons (Fsp3) is 0.923. The molecule has 1 rings (SSSR count). The topological polar surface area (TPSA) is 44.0 Å². The Balaban J connectivity index is 2.95. The summed E-state index contributed by atoms with van der Waals surface area (Å²) in [7, 11) is 0. The molecule has 0 bridgehead atoms. The summed E-state index contributed by atoms with van der Waals surface area (Å²) in [5.41, 5.74) is -1.37. The average Bonchev–Trinajstić information content (AvgIpc) is 2.14. The molecule has 0 saturated heterocycles. The van der Waals surface area contributed by atoms with Gasteiger partial charge in [0.1, 0.15) is 0 Å². The molecule has 1 fully saturated rings. The highest BCUT2D eigenvalue weighted by molar-refractivity contribution is 5.10. The third-order valence-electron chi connectivity index (χ3n) is 4.16. The molecule has 0 aromatic heterocycles. The summed E-state index contributed by atoms with van der Waals surface area (Å²) in [5.74, 6) is 1.05. The Bertz CT molecular complexity index is 258. The van der Waals surface area contributed by atoms with Crippen LogP contribution in [0.5, 0.6) is 0 Å². The summed E-state index contributed by atoms with van der Waals surface area (Å²) in [6, 6.07) is 2.33. The molecular formula is C13H23NO. The van der Waals surface area contributed by atoms with Gasteiger partial charge in [0.05, 0.1) is 17.1 Å². The fourth-order valence-electron chi connectivity index (χ4n) is 3.05. The lowest BCUT2D eigenvalue weighted by Gasteiger charge is -2.46. The van der Waals surface area contributed by atoms with Crippen molar-refractivity contribution in [2.24, 2.45) is 17.3 Å². The van der Waals surface area contributed by atoms with Crippen molar-refractivity contribution in [2.75, 3.05) is 0 Å². The van der Waals surface area contributed by atoms with Gasteiger partial charge in [-0.05, 0) is 44.4 Å². The summed E-state index contributed by atoms with van der Waals surface area (Å²) in [4.78, 5) is 0. The fourth-order valence-corrected chi connectivity index (χ4v) is 3.05. The summed E-state index contributed by atoms with van der Waals surface area (Å²) < 4.78 is 0. The maximum Gasteiger partial charge on any atom is 0.0835 e. The first-order chi connectivity index (χ1) is 6.87. The van der Waals surface area contributed by atoms with Gasteiger partial charge in [-0.15, -0.1) is 0 Å². The molecule has 0 amide bonds. The van der Waals surface area contributed by atoms with E-state index in [-0.39, 0.29) is 0 Å². The van der Waals surface area contributed by atoms with Crippen LogP contribution in [-0.4, -0.2) is 10.7 Å². The molecule has 15 heavy (non-hydrogen) atoms. The number of hydrogen-bond acceptors (Lipinski definition) is 2. The maximum absolute atomic E-state index is 10.7. The molecular weight excluding hydrogens is 186 g/mol. The van der Waals surface area contributed by atoms with E-state index in [1.54, 1.807) is 0 Å². The van der Waals surface area contributed by atoms with E-state index in [1.807, 2.05) is 13.8 Å². The Morgan fingerprint density at radius 2 is 1.87 bits per heavy atom. The third-order valence-corrected chi connectivity index (χ3v) is 4.16. The van der Waals surface area contributed by atoms with Crippen LogP contribution >= 0.6 is 0 Å². The lowest BCUT2D eigenvalue weighted by molar-refractivity contribution is -0.102. The molecule has 1 N–H and O–H groups in total. The second-order valence-corrected chi connectivity index (χ2v) is 5.68. The lowest BCUT2D eigenvalue weighted by atomic mass is 9.61. The van der Waals surface area contributed by atoms with Crippen molar-refractivity contribution < 1.29 is 5.11 Å². The van der Waals surface area contributed by atoms with E-state index in [1.165, 1.54) is 6.42 Å². The summed E-state index contributed by atoms with van der Waals surface area (Å²) in [6.45, 7) is 8.24. The standard InChI is InChI=1S/C13H23NO/c1-5-12(4,9-14)13(15)7-10(2)6-11(3)8-13/h10-11,15H,5-8H2,1-4H3. The Morgan fingerprint density at radius 3 is 2.20 bits per heavy atom. The molecule has 0 aliphatic heterocycles. The predicted octanol–water partition coefficient (Wildman–Crippen LogP) is 3.11. The van der Waals surface area contributed by atoms with Crippen LogP contribution in [0.3, 0.4) is 0 Å². The summed E-state index contributed by atoms with van der Waals surface area (Å²) in [6.07, 6.45) is 3.44. The molecule has 0 aromatic carbocycles. The van der Waals surface area contributed by atoms with Gasteiger partial charge in [-0.3, -0.25) is 0 Å². The number of rotatable bonds is 2. The van der Waals surface area contributed by atoms with Crippen LogP contribution in [0.4, 0.5) is 0 Å². The quantitative estimate of drug-likeness (QED) is 0.759. The number of aliphatic hydroxyl groups is 1. The molecule has 1 aliphatic rings. The molecule has 0 radical (unpaired) electrons. The van der Waals surface area contributed by atoms with Crippen LogP contribution in [-0.2, 0) is 0 Å². The van der Waals surface area contributed by atoms with Crippen LogP contribution in [0.2, 0.25) is 0 Å². The summed E-state index contributed by atoms with van der Waals surface area (Å²) in [5, 5.41) is 20.0. The number of nitriles is 1. The molecule has 1 saturated carbocycles. The highest BCUT2D eigenvalue weighted by Gasteiger charge is 2.49. The van der Waals surface area contributed by atoms with Gasteiger partial charge in [0.15, 0.2) is 0 Å². The van der Waals surface area contributed by atoms with E-state index in [4.69, 9.17) is 0 Å². The SMILES string of the molecule is CCC(C)(C#N)C1(O)CC(C)CC(C)C1. The first-order valence-corrected chi connectivity index (χ1v) is 6.00. The molecule has 0 heterocycles. The van der Waals surface area contributed by atoms with E-state index >= 15 is 0 Å². The van der Waals surface area contributed by atoms with Gasteiger partial charge in [-0.25, -0.2) is 0 Å². The maximum atomic E-state index is 10.7. The molecule has 2 nitrogen and oxygen atoms in total. The van der Waals surface area contributed by atoms with Crippen molar-refractivity contribution in [1.29, 1.82) is 5.26 Å². The van der Waals surface area contributed by atoms with Crippen molar-refractivity contribution in [1.82, 2.24) is 0 Å². The van der Waals surface area contributed by atoms with E-state index in [0.717, 1.165) is 19.3 Å². The van der Waals surface area contributed by atoms with Crippen molar-refractivity contribution in [3.05, 3.63) is 0 Å². The smallest absolute Gasteiger partial charge is 0.0835 e. The Kier molecular flexibility index (Phi) is 3.45. The first kappa shape index (κ1) is 12.5. The number of hydrogen-bond donors (Lipinski definition) is 1. The minimum Gasteiger partial charge on any atom is -0.388 e. The van der Waals surface area contributed by atoms with Gasteiger partial charge in [0.25, 0.3) is 0 Å². The highest BCUT2D eigenvalue weighted by atomic mass is 16.3. The Morgan fingerprint density at radius 1 is 1.40 bits per heavy atom. The predicted molar refractivity (Wildman–Crippen MR) is 61.1 cm³/mol. The van der Waals surface area contributed by atoms with Gasteiger partial charge < -0.3 is 5.11 Å². The molecule has 0 spiro atoms. The minimum atomic E-state index is -0.784. The van der Waals surface area contributed by atoms with Gasteiger partial charge in [0.2, 0.25) is 0 Å². The van der Waals surface area contributed by atoms with Crippen LogP contribution in [0.25, 0.3) is 0 Å². The zero-order valence-electron chi connectivity index (χ0n) is 10.4. The van der Waals surface area contributed by atoms with Gasteiger partial charge in [0, 0.05) is 0 Å². The van der Waals surface area contributed by atoms with Crippen LogP contribution in [0, 0.1) is 28.6 Å². The normalized spacial score (nSPS) is 40.5. The molecule has 3 unspecified atom stereocenters. The van der Waals surface area contributed by atoms with Crippen molar-refractivity contribution in [3.63, 3.8) is 0 Å². The van der Waals surface area contributed by atoms with Gasteiger partial charge >= 0.3 is 0 Å². The van der Waals surface area contributed by atoms with Gasteiger partial charge in [-0.2, -0.15) is 5.26 Å². The van der Waals surface area contributed by atoms with Crippen LogP contribution < -0.4 is 0 Å². The molecule has 3 atom stereocenters. The molecule has 1 aliphatic carbocycles. The first-order valence-electron chi connectivity index (χ1n) is 6.00. The van der Waals surface area contributed by atoms with Crippen molar-refractivity contribution in [2.45, 2.75) is 59.0 Å². The van der Waals surface area contributed by atoms with E-state index < -0.39 is 11.0 Å². The molecule has 2 heteroatoms. The second kappa shape index (κ2) is 4.14. The average molecular weight is 209 g/mol. The number of nitrogens with zero attached hydrogens (tertiary/aromatic N) is 1. The summed E-state index contributed by atoms with van der Waals surface area (Å²) >= 11 is 0. The van der Waals surface area contributed by atoms with Crippen molar-refractivity contribution >= 4 is 0 Å².